The van der Waals surface area contributed by atoms with Crippen LogP contribution in [0.15, 0.2) is 11.2 Å². The van der Waals surface area contributed by atoms with E-state index in [1.54, 1.807) is 0 Å². The molecule has 0 amide bonds. The topological polar surface area (TPSA) is 85.1 Å². The second kappa shape index (κ2) is 2.03. The molecule has 0 aliphatic carbocycles. The Morgan fingerprint density at radius 1 is 1.70 bits per heavy atom. The van der Waals surface area contributed by atoms with Crippen molar-refractivity contribution in [2.45, 2.75) is 5.03 Å². The maximum atomic E-state index is 10.3. The third-order valence-electron chi connectivity index (χ3n) is 0.846. The predicted octanol–water partition coefficient (Wildman–Crippen LogP) is -0.938. The first-order valence-corrected chi connectivity index (χ1v) is 3.78. The molecule has 7 heteroatoms. The Morgan fingerprint density at radius 2 is 2.30 bits per heavy atom. The summed E-state index contributed by atoms with van der Waals surface area (Å²) in [4.78, 5) is 0. The SMILES string of the molecule is Cn1cc(S(=O)(=O)O)nn1. The lowest BCUT2D eigenvalue weighted by Gasteiger charge is -1.83. The summed E-state index contributed by atoms with van der Waals surface area (Å²) >= 11 is 0. The molecule has 0 atom stereocenters. The molecule has 0 saturated heterocycles. The van der Waals surface area contributed by atoms with Crippen LogP contribution in [0.3, 0.4) is 0 Å². The summed E-state index contributed by atoms with van der Waals surface area (Å²) in [6, 6.07) is 0. The van der Waals surface area contributed by atoms with Gasteiger partial charge in [0.15, 0.2) is 0 Å². The number of hydrogen-bond donors (Lipinski definition) is 1. The molecule has 1 aromatic rings. The van der Waals surface area contributed by atoms with Gasteiger partial charge in [0.1, 0.15) is 0 Å². The molecular weight excluding hydrogens is 158 g/mol. The molecule has 0 aromatic carbocycles. The van der Waals surface area contributed by atoms with Crippen molar-refractivity contribution in [3.63, 3.8) is 0 Å². The highest BCUT2D eigenvalue weighted by molar-refractivity contribution is 7.85. The monoisotopic (exact) mass is 163 g/mol. The molecule has 1 heterocycles. The highest BCUT2D eigenvalue weighted by atomic mass is 32.2. The quantitative estimate of drug-likeness (QED) is 0.540. The molecule has 56 valence electrons. The van der Waals surface area contributed by atoms with Gasteiger partial charge in [0, 0.05) is 7.05 Å². The molecule has 1 N–H and O–H groups in total. The van der Waals surface area contributed by atoms with Crippen LogP contribution in [0.5, 0.6) is 0 Å². The Kier molecular flexibility index (Phi) is 1.45. The molecule has 0 bridgehead atoms. The zero-order valence-electron chi connectivity index (χ0n) is 5.09. The van der Waals surface area contributed by atoms with Crippen LogP contribution < -0.4 is 0 Å². The maximum absolute atomic E-state index is 10.3. The minimum atomic E-state index is -4.18. The van der Waals surface area contributed by atoms with Crippen LogP contribution in [0.4, 0.5) is 0 Å². The van der Waals surface area contributed by atoms with Gasteiger partial charge in [0.2, 0.25) is 5.03 Å². The number of aromatic nitrogens is 3. The van der Waals surface area contributed by atoms with E-state index in [-0.39, 0.29) is 0 Å². The van der Waals surface area contributed by atoms with Gasteiger partial charge in [-0.3, -0.25) is 9.23 Å². The lowest BCUT2D eigenvalue weighted by atomic mass is 10.9. The van der Waals surface area contributed by atoms with E-state index in [1.807, 2.05) is 0 Å². The van der Waals surface area contributed by atoms with Crippen LogP contribution >= 0.6 is 0 Å². The Balaban J connectivity index is 3.21. The molecule has 6 nitrogen and oxygen atoms in total. The van der Waals surface area contributed by atoms with Crippen LogP contribution in [0.1, 0.15) is 0 Å². The van der Waals surface area contributed by atoms with E-state index in [0.717, 1.165) is 6.20 Å². The Hall–Kier alpha value is -0.950. The van der Waals surface area contributed by atoms with Gasteiger partial charge in [-0.05, 0) is 0 Å². The van der Waals surface area contributed by atoms with Crippen LogP contribution in [0.25, 0.3) is 0 Å². The van der Waals surface area contributed by atoms with Gasteiger partial charge in [0.25, 0.3) is 0 Å². The lowest BCUT2D eigenvalue weighted by Crippen LogP contribution is -1.97. The van der Waals surface area contributed by atoms with Crippen molar-refractivity contribution < 1.29 is 13.0 Å². The van der Waals surface area contributed by atoms with E-state index in [9.17, 15) is 8.42 Å². The van der Waals surface area contributed by atoms with Gasteiger partial charge in [-0.25, -0.2) is 0 Å². The molecule has 0 saturated carbocycles. The third kappa shape index (κ3) is 1.31. The standard InChI is InChI=1S/C3H5N3O3S/c1-6-2-3(4-5-6)10(7,8)9/h2H,1H3,(H,7,8,9). The van der Waals surface area contributed by atoms with E-state index >= 15 is 0 Å². The first-order chi connectivity index (χ1) is 4.50. The van der Waals surface area contributed by atoms with E-state index in [2.05, 4.69) is 10.3 Å². The first-order valence-electron chi connectivity index (χ1n) is 2.34. The van der Waals surface area contributed by atoms with Crippen molar-refractivity contribution in [2.75, 3.05) is 0 Å². The van der Waals surface area contributed by atoms with Crippen LogP contribution in [0, 0.1) is 0 Å². The van der Waals surface area contributed by atoms with Gasteiger partial charge < -0.3 is 0 Å². The van der Waals surface area contributed by atoms with Crippen molar-refractivity contribution in [1.82, 2.24) is 15.0 Å². The fourth-order valence-corrected chi connectivity index (χ4v) is 0.870. The van der Waals surface area contributed by atoms with Crippen molar-refractivity contribution in [3.8, 4) is 0 Å². The van der Waals surface area contributed by atoms with Gasteiger partial charge in [-0.1, -0.05) is 5.21 Å². The third-order valence-corrected chi connectivity index (χ3v) is 1.56. The molecule has 0 spiro atoms. The second-order valence-corrected chi connectivity index (χ2v) is 3.07. The summed E-state index contributed by atoms with van der Waals surface area (Å²) < 4.78 is 30.1. The van der Waals surface area contributed by atoms with E-state index in [4.69, 9.17) is 4.55 Å². The lowest BCUT2D eigenvalue weighted by molar-refractivity contribution is 0.479. The predicted molar refractivity (Wildman–Crippen MR) is 30.8 cm³/mol. The molecule has 0 fully saturated rings. The molecule has 0 radical (unpaired) electrons. The van der Waals surface area contributed by atoms with Crippen molar-refractivity contribution in [1.29, 1.82) is 0 Å². The highest BCUT2D eigenvalue weighted by Gasteiger charge is 2.12. The van der Waals surface area contributed by atoms with Crippen LogP contribution in [-0.2, 0) is 17.2 Å². The average Bonchev–Trinajstić information content (AvgIpc) is 2.11. The second-order valence-electron chi connectivity index (χ2n) is 1.71. The fraction of sp³-hybridized carbons (Fsp3) is 0.333. The van der Waals surface area contributed by atoms with Crippen LogP contribution in [-0.4, -0.2) is 28.0 Å². The van der Waals surface area contributed by atoms with Gasteiger partial charge in [-0.2, -0.15) is 8.42 Å². The summed E-state index contributed by atoms with van der Waals surface area (Å²) in [5.74, 6) is 0. The Bertz CT molecular complexity index is 327. The van der Waals surface area contributed by atoms with E-state index in [1.165, 1.54) is 11.7 Å². The normalized spacial score (nSPS) is 11.8. The molecular formula is C3H5N3O3S. The molecule has 0 unspecified atom stereocenters. The minimum Gasteiger partial charge on any atom is -0.281 e. The molecule has 0 aliphatic rings. The number of aryl methyl sites for hydroxylation is 1. The first kappa shape index (κ1) is 7.16. The summed E-state index contributed by atoms with van der Waals surface area (Å²) in [5.41, 5.74) is 0. The van der Waals surface area contributed by atoms with E-state index < -0.39 is 15.1 Å². The molecule has 0 aliphatic heterocycles. The molecule has 1 aromatic heterocycles. The van der Waals surface area contributed by atoms with Gasteiger partial charge in [0.05, 0.1) is 6.20 Å². The smallest absolute Gasteiger partial charge is 0.281 e. The summed E-state index contributed by atoms with van der Waals surface area (Å²) in [6.07, 6.45) is 1.11. The zero-order chi connectivity index (χ0) is 7.78. The fourth-order valence-electron chi connectivity index (χ4n) is 0.444. The summed E-state index contributed by atoms with van der Waals surface area (Å²) in [5, 5.41) is 6.04. The summed E-state index contributed by atoms with van der Waals surface area (Å²) in [6.45, 7) is 0. The van der Waals surface area contributed by atoms with Crippen molar-refractivity contribution >= 4 is 10.1 Å². The van der Waals surface area contributed by atoms with Crippen molar-refractivity contribution in [2.24, 2.45) is 7.05 Å². The molecule has 1 rings (SSSR count). The Labute approximate surface area is 57.2 Å². The molecule has 10 heavy (non-hydrogen) atoms. The van der Waals surface area contributed by atoms with Crippen molar-refractivity contribution in [3.05, 3.63) is 6.20 Å². The minimum absolute atomic E-state index is 0.435. The number of rotatable bonds is 1. The highest BCUT2D eigenvalue weighted by Crippen LogP contribution is 1.99. The largest absolute Gasteiger partial charge is 0.315 e. The maximum Gasteiger partial charge on any atom is 0.315 e. The van der Waals surface area contributed by atoms with E-state index in [0.29, 0.717) is 0 Å². The zero-order valence-corrected chi connectivity index (χ0v) is 5.91. The van der Waals surface area contributed by atoms with Gasteiger partial charge in [-0.15, -0.1) is 5.10 Å². The number of hydrogen-bond acceptors (Lipinski definition) is 4. The average molecular weight is 163 g/mol. The van der Waals surface area contributed by atoms with Gasteiger partial charge >= 0.3 is 10.1 Å². The van der Waals surface area contributed by atoms with Crippen LogP contribution in [0.2, 0.25) is 0 Å². The number of nitrogens with zero attached hydrogens (tertiary/aromatic N) is 3. The Morgan fingerprint density at radius 3 is 2.50 bits per heavy atom. The summed E-state index contributed by atoms with van der Waals surface area (Å²) in [7, 11) is -2.67.